The first-order chi connectivity index (χ1) is 8.63. The average Bonchev–Trinajstić information content (AvgIpc) is 2.38. The summed E-state index contributed by atoms with van der Waals surface area (Å²) >= 11 is 0. The number of hydrogen-bond acceptors (Lipinski definition) is 4. The van der Waals surface area contributed by atoms with E-state index in [0.29, 0.717) is 6.61 Å². The fourth-order valence-corrected chi connectivity index (χ4v) is 2.55. The van der Waals surface area contributed by atoms with Crippen molar-refractivity contribution in [2.45, 2.75) is 25.9 Å². The number of benzene rings is 1. The molecule has 4 nitrogen and oxygen atoms in total. The van der Waals surface area contributed by atoms with Gasteiger partial charge in [-0.15, -0.1) is 0 Å². The molecule has 0 spiro atoms. The van der Waals surface area contributed by atoms with Crippen LogP contribution in [-0.4, -0.2) is 32.9 Å². The lowest BCUT2D eigenvalue weighted by molar-refractivity contribution is 0.0682. The topological polar surface area (TPSA) is 56.5 Å². The van der Waals surface area contributed by atoms with Crippen LogP contribution in [0.2, 0.25) is 0 Å². The Morgan fingerprint density at radius 2 is 2.22 bits per heavy atom. The van der Waals surface area contributed by atoms with Crippen molar-refractivity contribution in [2.24, 2.45) is 5.73 Å². The molecule has 1 aromatic carbocycles. The van der Waals surface area contributed by atoms with Crippen LogP contribution in [0.15, 0.2) is 12.1 Å². The number of morpholine rings is 1. The van der Waals surface area contributed by atoms with Crippen molar-refractivity contribution in [1.29, 1.82) is 0 Å². The predicted molar refractivity (Wildman–Crippen MR) is 72.0 cm³/mol. The molecule has 0 aromatic heterocycles. The first kappa shape index (κ1) is 13.3. The van der Waals surface area contributed by atoms with E-state index in [1.165, 1.54) is 5.56 Å². The van der Waals surface area contributed by atoms with E-state index in [1.807, 2.05) is 6.92 Å². The standard InChI is InChI=1S/C14H22N2O2/c1-9-6-10(2)14(17-3)11(7-9)13(15)12-8-18-5-4-16-12/h6-7,12-13,16H,4-5,8,15H2,1-3H3. The number of methoxy groups -OCH3 is 1. The highest BCUT2D eigenvalue weighted by Gasteiger charge is 2.25. The minimum Gasteiger partial charge on any atom is -0.496 e. The Bertz CT molecular complexity index is 415. The van der Waals surface area contributed by atoms with E-state index in [2.05, 4.69) is 24.4 Å². The Morgan fingerprint density at radius 3 is 2.83 bits per heavy atom. The second-order valence-electron chi connectivity index (χ2n) is 4.87. The normalized spacial score (nSPS) is 21.7. The molecule has 2 rings (SSSR count). The zero-order valence-corrected chi connectivity index (χ0v) is 11.3. The summed E-state index contributed by atoms with van der Waals surface area (Å²) in [5.41, 5.74) is 9.74. The minimum atomic E-state index is -0.112. The van der Waals surface area contributed by atoms with Crippen LogP contribution < -0.4 is 15.8 Å². The first-order valence-electron chi connectivity index (χ1n) is 6.35. The fourth-order valence-electron chi connectivity index (χ4n) is 2.55. The van der Waals surface area contributed by atoms with E-state index in [0.717, 1.165) is 30.0 Å². The highest BCUT2D eigenvalue weighted by molar-refractivity contribution is 5.46. The molecule has 2 unspecified atom stereocenters. The van der Waals surface area contributed by atoms with Crippen molar-refractivity contribution >= 4 is 0 Å². The molecule has 3 N–H and O–H groups in total. The quantitative estimate of drug-likeness (QED) is 0.849. The predicted octanol–water partition coefficient (Wildman–Crippen LogP) is 1.30. The maximum atomic E-state index is 6.36. The molecule has 1 aromatic rings. The number of nitrogens with one attached hydrogen (secondary N) is 1. The summed E-state index contributed by atoms with van der Waals surface area (Å²) in [5, 5.41) is 3.40. The highest BCUT2D eigenvalue weighted by atomic mass is 16.5. The lowest BCUT2D eigenvalue weighted by atomic mass is 9.95. The van der Waals surface area contributed by atoms with E-state index in [1.54, 1.807) is 7.11 Å². The van der Waals surface area contributed by atoms with Crippen molar-refractivity contribution in [3.8, 4) is 5.75 Å². The lowest BCUT2D eigenvalue weighted by Gasteiger charge is -2.30. The van der Waals surface area contributed by atoms with Gasteiger partial charge in [0.15, 0.2) is 0 Å². The molecular weight excluding hydrogens is 228 g/mol. The van der Waals surface area contributed by atoms with Crippen molar-refractivity contribution in [3.63, 3.8) is 0 Å². The van der Waals surface area contributed by atoms with Gasteiger partial charge in [-0.3, -0.25) is 0 Å². The third kappa shape index (κ3) is 2.66. The molecule has 1 heterocycles. The van der Waals surface area contributed by atoms with Gasteiger partial charge < -0.3 is 20.5 Å². The molecule has 0 amide bonds. The molecular formula is C14H22N2O2. The van der Waals surface area contributed by atoms with Gasteiger partial charge in [-0.25, -0.2) is 0 Å². The summed E-state index contributed by atoms with van der Waals surface area (Å²) in [7, 11) is 1.69. The smallest absolute Gasteiger partial charge is 0.126 e. The molecule has 0 aliphatic carbocycles. The van der Waals surface area contributed by atoms with E-state index in [4.69, 9.17) is 15.2 Å². The van der Waals surface area contributed by atoms with Crippen LogP contribution in [0.1, 0.15) is 22.7 Å². The average molecular weight is 250 g/mol. The van der Waals surface area contributed by atoms with E-state index >= 15 is 0 Å². The maximum Gasteiger partial charge on any atom is 0.126 e. The first-order valence-corrected chi connectivity index (χ1v) is 6.35. The summed E-state index contributed by atoms with van der Waals surface area (Å²) in [4.78, 5) is 0. The third-order valence-corrected chi connectivity index (χ3v) is 3.39. The van der Waals surface area contributed by atoms with Gasteiger partial charge in [0, 0.05) is 18.2 Å². The van der Waals surface area contributed by atoms with Gasteiger partial charge in [0.1, 0.15) is 5.75 Å². The van der Waals surface area contributed by atoms with Crippen LogP contribution in [0.25, 0.3) is 0 Å². The largest absolute Gasteiger partial charge is 0.496 e. The molecule has 18 heavy (non-hydrogen) atoms. The molecule has 1 aliphatic heterocycles. The third-order valence-electron chi connectivity index (χ3n) is 3.39. The molecule has 1 fully saturated rings. The van der Waals surface area contributed by atoms with Gasteiger partial charge >= 0.3 is 0 Å². The van der Waals surface area contributed by atoms with E-state index in [-0.39, 0.29) is 12.1 Å². The van der Waals surface area contributed by atoms with Crippen LogP contribution >= 0.6 is 0 Å². The van der Waals surface area contributed by atoms with Crippen molar-refractivity contribution < 1.29 is 9.47 Å². The van der Waals surface area contributed by atoms with Crippen molar-refractivity contribution in [2.75, 3.05) is 26.9 Å². The summed E-state index contributed by atoms with van der Waals surface area (Å²) in [6, 6.07) is 4.25. The van der Waals surface area contributed by atoms with Gasteiger partial charge in [-0.05, 0) is 19.4 Å². The van der Waals surface area contributed by atoms with E-state index < -0.39 is 0 Å². The van der Waals surface area contributed by atoms with Crippen LogP contribution in [-0.2, 0) is 4.74 Å². The molecule has 100 valence electrons. The SMILES string of the molecule is COc1c(C)cc(C)cc1C(N)C1COCCN1. The van der Waals surface area contributed by atoms with Gasteiger partial charge in [0.25, 0.3) is 0 Å². The molecule has 1 saturated heterocycles. The Morgan fingerprint density at radius 1 is 1.44 bits per heavy atom. The minimum absolute atomic E-state index is 0.112. The van der Waals surface area contributed by atoms with Crippen molar-refractivity contribution in [1.82, 2.24) is 5.32 Å². The summed E-state index contributed by atoms with van der Waals surface area (Å²) in [6.45, 7) is 6.39. The fraction of sp³-hybridized carbons (Fsp3) is 0.571. The van der Waals surface area contributed by atoms with Crippen LogP contribution in [0.3, 0.4) is 0 Å². The molecule has 2 atom stereocenters. The zero-order valence-electron chi connectivity index (χ0n) is 11.3. The highest BCUT2D eigenvalue weighted by Crippen LogP contribution is 2.31. The van der Waals surface area contributed by atoms with Gasteiger partial charge in [0.05, 0.1) is 26.4 Å². The number of ether oxygens (including phenoxy) is 2. The number of nitrogens with two attached hydrogens (primary N) is 1. The second kappa shape index (κ2) is 5.69. The molecule has 0 saturated carbocycles. The Labute approximate surface area is 108 Å². The number of aryl methyl sites for hydroxylation is 2. The maximum absolute atomic E-state index is 6.36. The van der Waals surface area contributed by atoms with E-state index in [9.17, 15) is 0 Å². The second-order valence-corrected chi connectivity index (χ2v) is 4.87. The Hall–Kier alpha value is -1.10. The van der Waals surface area contributed by atoms with Gasteiger partial charge in [-0.2, -0.15) is 0 Å². The molecule has 1 aliphatic rings. The molecule has 0 bridgehead atoms. The Kier molecular flexibility index (Phi) is 4.22. The summed E-state index contributed by atoms with van der Waals surface area (Å²) < 4.78 is 11.0. The Balaban J connectivity index is 2.30. The van der Waals surface area contributed by atoms with Crippen LogP contribution in [0.4, 0.5) is 0 Å². The van der Waals surface area contributed by atoms with Crippen molar-refractivity contribution in [3.05, 3.63) is 28.8 Å². The number of hydrogen-bond donors (Lipinski definition) is 2. The van der Waals surface area contributed by atoms with Gasteiger partial charge in [-0.1, -0.05) is 17.7 Å². The zero-order chi connectivity index (χ0) is 13.1. The molecule has 4 heteroatoms. The van der Waals surface area contributed by atoms with Crippen LogP contribution in [0, 0.1) is 13.8 Å². The monoisotopic (exact) mass is 250 g/mol. The van der Waals surface area contributed by atoms with Crippen LogP contribution in [0.5, 0.6) is 5.75 Å². The van der Waals surface area contributed by atoms with Gasteiger partial charge in [0.2, 0.25) is 0 Å². The molecule has 0 radical (unpaired) electrons. The summed E-state index contributed by atoms with van der Waals surface area (Å²) in [5.74, 6) is 0.889. The number of rotatable bonds is 3. The lowest BCUT2D eigenvalue weighted by Crippen LogP contribution is -2.47. The summed E-state index contributed by atoms with van der Waals surface area (Å²) in [6.07, 6.45) is 0.